The van der Waals surface area contributed by atoms with Gasteiger partial charge in [0.15, 0.2) is 0 Å². The minimum absolute atomic E-state index is 0.163. The molecule has 0 spiro atoms. The summed E-state index contributed by atoms with van der Waals surface area (Å²) in [6.45, 7) is 6.89. The van der Waals surface area contributed by atoms with Crippen molar-refractivity contribution in [2.45, 2.75) is 40.0 Å². The summed E-state index contributed by atoms with van der Waals surface area (Å²) in [5, 5.41) is 0. The van der Waals surface area contributed by atoms with E-state index >= 15 is 0 Å². The molecule has 1 nitrogen and oxygen atoms in total. The predicted octanol–water partition coefficient (Wildman–Crippen LogP) is 3.87. The van der Waals surface area contributed by atoms with Crippen molar-refractivity contribution in [3.05, 3.63) is 35.9 Å². The molecule has 3 saturated carbocycles. The number of hydrogen-bond donors (Lipinski definition) is 0. The predicted molar refractivity (Wildman–Crippen MR) is 73.3 cm³/mol. The summed E-state index contributed by atoms with van der Waals surface area (Å²) >= 11 is 0. The lowest BCUT2D eigenvalue weighted by molar-refractivity contribution is -0.173. The summed E-state index contributed by atoms with van der Waals surface area (Å²) < 4.78 is 0. The van der Waals surface area contributed by atoms with Crippen LogP contribution in [0.15, 0.2) is 30.3 Å². The van der Waals surface area contributed by atoms with E-state index in [1.165, 1.54) is 5.56 Å². The Morgan fingerprint density at radius 2 is 1.83 bits per heavy atom. The highest BCUT2D eigenvalue weighted by Crippen LogP contribution is 2.65. The molecule has 18 heavy (non-hydrogen) atoms. The maximum Gasteiger partial charge on any atom is 0.137 e. The lowest BCUT2D eigenvalue weighted by atomic mass is 9.40. The van der Waals surface area contributed by atoms with Crippen LogP contribution < -0.4 is 0 Å². The van der Waals surface area contributed by atoms with Gasteiger partial charge >= 0.3 is 0 Å². The number of Topliss-reactive ketones (excluding diaryl/α,β-unsaturated/α-hetero) is 1. The van der Waals surface area contributed by atoms with Gasteiger partial charge in [-0.05, 0) is 35.2 Å². The molecular weight excluding hydrogens is 220 g/mol. The fourth-order valence-electron chi connectivity index (χ4n) is 4.55. The Morgan fingerprint density at radius 1 is 1.17 bits per heavy atom. The fraction of sp³-hybridized carbons (Fsp3) is 0.588. The van der Waals surface area contributed by atoms with Crippen molar-refractivity contribution in [3.63, 3.8) is 0 Å². The van der Waals surface area contributed by atoms with E-state index in [1.807, 2.05) is 0 Å². The van der Waals surface area contributed by atoms with Gasteiger partial charge in [0.25, 0.3) is 0 Å². The first-order valence-electron chi connectivity index (χ1n) is 7.00. The van der Waals surface area contributed by atoms with Crippen molar-refractivity contribution in [3.8, 4) is 0 Å². The Bertz CT molecular complexity index is 474. The third-order valence-corrected chi connectivity index (χ3v) is 5.53. The average molecular weight is 242 g/mol. The molecule has 3 aliphatic carbocycles. The SMILES string of the molecule is CC1(C)[C@@H]2C[C@H]1[C@@](C)(Cc1ccccc1)CC2=O. The first kappa shape index (κ1) is 12.0. The number of ketones is 1. The zero-order valence-electron chi connectivity index (χ0n) is 11.6. The Labute approximate surface area is 110 Å². The molecule has 3 atom stereocenters. The van der Waals surface area contributed by atoms with Gasteiger partial charge in [0, 0.05) is 12.3 Å². The van der Waals surface area contributed by atoms with Gasteiger partial charge in [-0.3, -0.25) is 4.79 Å². The zero-order chi connectivity index (χ0) is 13.0. The normalized spacial score (nSPS) is 37.2. The largest absolute Gasteiger partial charge is 0.299 e. The molecule has 0 aromatic heterocycles. The molecule has 3 fully saturated rings. The van der Waals surface area contributed by atoms with Gasteiger partial charge in [0.2, 0.25) is 0 Å². The standard InChI is InChI=1S/C17H22O/c1-16(2)13-9-15(16)17(3,11-14(13)18)10-12-7-5-4-6-8-12/h4-8,13,15H,9-11H2,1-3H3/t13-,15-,17+/m1/s1. The molecule has 0 aliphatic heterocycles. The van der Waals surface area contributed by atoms with Crippen LogP contribution in [0.3, 0.4) is 0 Å². The average Bonchev–Trinajstić information content (AvgIpc) is 2.27. The van der Waals surface area contributed by atoms with Gasteiger partial charge in [-0.2, -0.15) is 0 Å². The summed E-state index contributed by atoms with van der Waals surface area (Å²) in [7, 11) is 0. The van der Waals surface area contributed by atoms with E-state index in [4.69, 9.17) is 0 Å². The molecule has 96 valence electrons. The minimum atomic E-state index is 0.163. The maximum absolute atomic E-state index is 12.3. The van der Waals surface area contributed by atoms with Gasteiger partial charge < -0.3 is 0 Å². The number of rotatable bonds is 2. The second-order valence-electron chi connectivity index (χ2n) is 7.12. The van der Waals surface area contributed by atoms with E-state index in [-0.39, 0.29) is 10.8 Å². The van der Waals surface area contributed by atoms with E-state index in [0.717, 1.165) is 19.3 Å². The number of fused-ring (bicyclic) bond motifs is 2. The van der Waals surface area contributed by atoms with E-state index in [1.54, 1.807) is 0 Å². The van der Waals surface area contributed by atoms with Crippen LogP contribution in [0, 0.1) is 22.7 Å². The molecule has 3 aliphatic rings. The van der Waals surface area contributed by atoms with Crippen LogP contribution in [0.25, 0.3) is 0 Å². The second kappa shape index (κ2) is 3.69. The van der Waals surface area contributed by atoms with Crippen molar-refractivity contribution in [1.29, 1.82) is 0 Å². The van der Waals surface area contributed by atoms with Crippen molar-refractivity contribution >= 4 is 5.78 Å². The van der Waals surface area contributed by atoms with Crippen LogP contribution in [0.1, 0.15) is 39.2 Å². The Morgan fingerprint density at radius 3 is 2.39 bits per heavy atom. The first-order valence-corrected chi connectivity index (χ1v) is 7.00. The molecule has 4 rings (SSSR count). The van der Waals surface area contributed by atoms with Gasteiger partial charge in [-0.1, -0.05) is 51.1 Å². The molecule has 0 saturated heterocycles. The molecule has 1 aromatic rings. The number of carbonyl (C=O) groups excluding carboxylic acids is 1. The molecule has 0 heterocycles. The minimum Gasteiger partial charge on any atom is -0.299 e. The summed E-state index contributed by atoms with van der Waals surface area (Å²) in [6, 6.07) is 10.6. The van der Waals surface area contributed by atoms with Crippen molar-refractivity contribution in [1.82, 2.24) is 0 Å². The van der Waals surface area contributed by atoms with Gasteiger partial charge in [-0.15, -0.1) is 0 Å². The third-order valence-electron chi connectivity index (χ3n) is 5.53. The molecule has 1 heteroatoms. The molecule has 2 bridgehead atoms. The first-order chi connectivity index (χ1) is 8.43. The van der Waals surface area contributed by atoms with Crippen LogP contribution in [0.4, 0.5) is 0 Å². The molecule has 1 aromatic carbocycles. The summed E-state index contributed by atoms with van der Waals surface area (Å²) in [5.41, 5.74) is 1.75. The molecule has 0 radical (unpaired) electrons. The van der Waals surface area contributed by atoms with Crippen molar-refractivity contribution in [2.75, 3.05) is 0 Å². The van der Waals surface area contributed by atoms with Crippen molar-refractivity contribution < 1.29 is 4.79 Å². The van der Waals surface area contributed by atoms with E-state index in [0.29, 0.717) is 17.6 Å². The highest BCUT2D eigenvalue weighted by Gasteiger charge is 2.62. The Kier molecular flexibility index (Phi) is 2.45. The van der Waals surface area contributed by atoms with E-state index < -0.39 is 0 Å². The Balaban J connectivity index is 1.88. The molecule has 0 unspecified atom stereocenters. The van der Waals surface area contributed by atoms with E-state index in [9.17, 15) is 4.79 Å². The monoisotopic (exact) mass is 242 g/mol. The summed E-state index contributed by atoms with van der Waals surface area (Å²) in [4.78, 5) is 12.3. The number of hydrogen-bond acceptors (Lipinski definition) is 1. The van der Waals surface area contributed by atoms with Gasteiger partial charge in [-0.25, -0.2) is 0 Å². The summed E-state index contributed by atoms with van der Waals surface area (Å²) in [6.07, 6.45) is 2.94. The smallest absolute Gasteiger partial charge is 0.137 e. The van der Waals surface area contributed by atoms with Gasteiger partial charge in [0.05, 0.1) is 0 Å². The summed E-state index contributed by atoms with van der Waals surface area (Å²) in [5.74, 6) is 1.54. The maximum atomic E-state index is 12.3. The third kappa shape index (κ3) is 1.56. The van der Waals surface area contributed by atoms with Crippen LogP contribution in [-0.4, -0.2) is 5.78 Å². The highest BCUT2D eigenvalue weighted by atomic mass is 16.1. The lowest BCUT2D eigenvalue weighted by Crippen LogP contribution is -2.61. The van der Waals surface area contributed by atoms with Crippen LogP contribution in [0.5, 0.6) is 0 Å². The van der Waals surface area contributed by atoms with Crippen LogP contribution in [0.2, 0.25) is 0 Å². The van der Waals surface area contributed by atoms with Crippen LogP contribution in [-0.2, 0) is 11.2 Å². The zero-order valence-corrected chi connectivity index (χ0v) is 11.6. The second-order valence-corrected chi connectivity index (χ2v) is 7.12. The number of benzene rings is 1. The molecule has 0 amide bonds. The Hall–Kier alpha value is -1.11. The molecular formula is C17H22O. The van der Waals surface area contributed by atoms with Crippen LogP contribution >= 0.6 is 0 Å². The van der Waals surface area contributed by atoms with E-state index in [2.05, 4.69) is 51.1 Å². The molecule has 0 N–H and O–H groups in total. The van der Waals surface area contributed by atoms with Gasteiger partial charge in [0.1, 0.15) is 5.78 Å². The quantitative estimate of drug-likeness (QED) is 0.769. The highest BCUT2D eigenvalue weighted by molar-refractivity contribution is 5.85. The fourth-order valence-corrected chi connectivity index (χ4v) is 4.55. The number of carbonyl (C=O) groups is 1. The lowest BCUT2D eigenvalue weighted by Gasteiger charge is -2.63. The topological polar surface area (TPSA) is 17.1 Å². The van der Waals surface area contributed by atoms with Crippen molar-refractivity contribution in [2.24, 2.45) is 22.7 Å².